The summed E-state index contributed by atoms with van der Waals surface area (Å²) < 4.78 is 21.9. The highest BCUT2D eigenvalue weighted by Gasteiger charge is 2.20. The molecule has 1 atom stereocenters. The quantitative estimate of drug-likeness (QED) is 0.0493. The number of esters is 1. The van der Waals surface area contributed by atoms with Gasteiger partial charge >= 0.3 is 18.2 Å². The summed E-state index contributed by atoms with van der Waals surface area (Å²) in [6.07, 6.45) is 21.1. The van der Waals surface area contributed by atoms with Crippen LogP contribution in [0.4, 0.5) is 9.59 Å². The minimum absolute atomic E-state index is 0. The molecule has 0 spiro atoms. The monoisotopic (exact) mass is 726 g/mol. The Hall–Kier alpha value is -1.63. The second-order valence-electron chi connectivity index (χ2n) is 10.6. The van der Waals surface area contributed by atoms with Crippen molar-refractivity contribution in [3.63, 3.8) is 0 Å². The van der Waals surface area contributed by atoms with Gasteiger partial charge in [-0.3, -0.25) is 4.79 Å². The Morgan fingerprint density at radius 2 is 1.33 bits per heavy atom. The number of hydrogen-bond acceptors (Lipinski definition) is 8. The van der Waals surface area contributed by atoms with Crippen LogP contribution in [0.15, 0.2) is 17.1 Å². The Balaban J connectivity index is 0.0000168. The number of aromatic nitrogens is 1. The topological polar surface area (TPSA) is 104 Å². The second-order valence-corrected chi connectivity index (χ2v) is 11.3. The summed E-state index contributed by atoms with van der Waals surface area (Å²) in [6.45, 7) is 3.05. The fraction of sp³-hybridized carbons (Fsp3) is 0.806. The lowest BCUT2D eigenvalue weighted by Gasteiger charge is -2.17. The Bertz CT molecular complexity index is 783. The number of halogens is 1. The maximum atomic E-state index is 12.0. The van der Waals surface area contributed by atoms with Gasteiger partial charge in [-0.2, -0.15) is 4.57 Å². The number of nitrogens with zero attached hydrogens (tertiary/aromatic N) is 1. The number of methoxy groups -OCH3 is 1. The number of aryl methyl sites for hydroxylation is 1. The minimum atomic E-state index is -0.945. The van der Waals surface area contributed by atoms with Gasteiger partial charge in [-0.25, -0.2) is 9.59 Å². The highest BCUT2D eigenvalue weighted by molar-refractivity contribution is 7.07. The van der Waals surface area contributed by atoms with Crippen LogP contribution in [0.2, 0.25) is 0 Å². The first kappa shape index (κ1) is 40.4. The lowest BCUT2D eigenvalue weighted by Crippen LogP contribution is -3.00. The van der Waals surface area contributed by atoms with Crippen LogP contribution < -0.4 is 33.9 Å². The highest BCUT2D eigenvalue weighted by atomic mass is 127. The zero-order valence-corrected chi connectivity index (χ0v) is 28.9. The van der Waals surface area contributed by atoms with E-state index in [9.17, 15) is 14.4 Å². The van der Waals surface area contributed by atoms with Crippen molar-refractivity contribution < 1.29 is 61.9 Å². The van der Waals surface area contributed by atoms with Crippen LogP contribution in [0.5, 0.6) is 0 Å². The number of unbranched alkanes of at least 4 members (excludes halogenated alkanes) is 15. The van der Waals surface area contributed by atoms with Gasteiger partial charge in [0.05, 0.1) is 18.9 Å². The summed E-state index contributed by atoms with van der Waals surface area (Å²) >= 11 is 1.58. The van der Waals surface area contributed by atoms with Gasteiger partial charge in [0.1, 0.15) is 19.8 Å². The average Bonchev–Trinajstić information content (AvgIpc) is 3.49. The summed E-state index contributed by atoms with van der Waals surface area (Å²) in [4.78, 5) is 35.6. The largest absolute Gasteiger partial charge is 1.00 e. The highest BCUT2D eigenvalue weighted by Crippen LogP contribution is 2.13. The molecule has 0 aromatic carbocycles. The van der Waals surface area contributed by atoms with Gasteiger partial charge in [0, 0.05) is 13.0 Å². The van der Waals surface area contributed by atoms with Crippen LogP contribution in [0, 0.1) is 0 Å². The number of nitrogens with one attached hydrogen (secondary N) is 1. The molecule has 0 saturated carbocycles. The molecule has 1 heterocycles. The molecular formula is C31H55IN2O7S. The predicted octanol–water partition coefficient (Wildman–Crippen LogP) is 4.50. The van der Waals surface area contributed by atoms with Crippen molar-refractivity contribution in [2.75, 3.05) is 26.9 Å². The number of thiazole rings is 1. The smallest absolute Gasteiger partial charge is 0.508 e. The van der Waals surface area contributed by atoms with E-state index in [-0.39, 0.29) is 43.6 Å². The molecule has 1 aromatic heterocycles. The van der Waals surface area contributed by atoms with Crippen LogP contribution in [-0.2, 0) is 30.3 Å². The normalized spacial score (nSPS) is 11.3. The van der Waals surface area contributed by atoms with Crippen molar-refractivity contribution in [3.8, 4) is 0 Å². The molecule has 1 rings (SSSR count). The van der Waals surface area contributed by atoms with E-state index in [0.717, 1.165) is 12.8 Å². The van der Waals surface area contributed by atoms with Gasteiger partial charge in [-0.05, 0) is 6.42 Å². The van der Waals surface area contributed by atoms with E-state index < -0.39 is 24.3 Å². The maximum absolute atomic E-state index is 12.0. The summed E-state index contributed by atoms with van der Waals surface area (Å²) in [5.41, 5.74) is 1.97. The third-order valence-electron chi connectivity index (χ3n) is 6.88. The number of amides is 1. The first-order valence-corrected chi connectivity index (χ1v) is 16.7. The number of alkyl carbamates (subject to hydrolysis) is 1. The fourth-order valence-electron chi connectivity index (χ4n) is 4.44. The van der Waals surface area contributed by atoms with E-state index in [2.05, 4.69) is 17.0 Å². The van der Waals surface area contributed by atoms with E-state index in [1.165, 1.54) is 97.0 Å². The molecule has 0 radical (unpaired) electrons. The van der Waals surface area contributed by atoms with Gasteiger partial charge in [0.15, 0.2) is 12.3 Å². The minimum Gasteiger partial charge on any atom is -1.00 e. The van der Waals surface area contributed by atoms with E-state index in [4.69, 9.17) is 14.2 Å². The number of ether oxygens (including phenoxy) is 4. The molecule has 0 aliphatic heterocycles. The lowest BCUT2D eigenvalue weighted by atomic mass is 10.0. The molecule has 1 aromatic rings. The summed E-state index contributed by atoms with van der Waals surface area (Å²) in [5, 5.41) is 4.68. The average molecular weight is 727 g/mol. The molecule has 42 heavy (non-hydrogen) atoms. The van der Waals surface area contributed by atoms with Gasteiger partial charge in [0.25, 0.3) is 0 Å². The molecule has 0 bridgehead atoms. The molecule has 1 unspecified atom stereocenters. The Labute approximate surface area is 274 Å². The van der Waals surface area contributed by atoms with Crippen LogP contribution in [0.3, 0.4) is 0 Å². The third kappa shape index (κ3) is 24.9. The van der Waals surface area contributed by atoms with Crippen molar-refractivity contribution in [1.82, 2.24) is 5.32 Å². The van der Waals surface area contributed by atoms with Crippen molar-refractivity contribution in [2.24, 2.45) is 0 Å². The van der Waals surface area contributed by atoms with Crippen molar-refractivity contribution in [2.45, 2.75) is 135 Å². The molecular weight excluding hydrogens is 671 g/mol. The standard InChI is InChI=1S/C31H54N2O7S.HI/c1-3-4-5-6-7-8-9-10-11-12-13-14-15-16-17-18-21-32-30(35)39-26-28(40-31(36)37-2)25-38-29(34)20-19-22-33-23-24-41-27-33;/h23-24,27-28H,3-22,25-26H2,1-2H3;1H. The number of hydrogen-bond donors (Lipinski definition) is 1. The molecule has 0 fully saturated rings. The van der Waals surface area contributed by atoms with Gasteiger partial charge < -0.3 is 48.2 Å². The van der Waals surface area contributed by atoms with Crippen LogP contribution in [0.25, 0.3) is 0 Å². The number of rotatable bonds is 26. The predicted molar refractivity (Wildman–Crippen MR) is 161 cm³/mol. The van der Waals surface area contributed by atoms with Gasteiger partial charge in [0.2, 0.25) is 5.51 Å². The Morgan fingerprint density at radius 1 is 0.786 bits per heavy atom. The summed E-state index contributed by atoms with van der Waals surface area (Å²) in [7, 11) is 1.18. The number of carbonyl (C=O) groups excluding carboxylic acids is 3. The second kappa shape index (κ2) is 29.4. The van der Waals surface area contributed by atoms with Crippen molar-refractivity contribution >= 4 is 29.6 Å². The molecule has 0 aliphatic carbocycles. The van der Waals surface area contributed by atoms with E-state index in [1.807, 2.05) is 21.7 Å². The molecule has 244 valence electrons. The van der Waals surface area contributed by atoms with Crippen molar-refractivity contribution in [1.29, 1.82) is 0 Å². The van der Waals surface area contributed by atoms with Gasteiger partial charge in [-0.15, -0.1) is 0 Å². The molecule has 9 nitrogen and oxygen atoms in total. The number of carbonyl (C=O) groups is 3. The Morgan fingerprint density at radius 3 is 1.86 bits per heavy atom. The first-order chi connectivity index (χ1) is 20.0. The SMILES string of the molecule is CCCCCCCCCCCCCCCCCCNC(=O)OCC(COC(=O)CCC[n+]1ccsc1)OC(=O)OC.[I-]. The zero-order chi connectivity index (χ0) is 29.8. The zero-order valence-electron chi connectivity index (χ0n) is 26.0. The third-order valence-corrected chi connectivity index (χ3v) is 7.56. The molecule has 0 aliphatic rings. The molecule has 0 saturated heterocycles. The molecule has 11 heteroatoms. The summed E-state index contributed by atoms with van der Waals surface area (Å²) in [5.74, 6) is -0.410. The molecule has 1 N–H and O–H groups in total. The lowest BCUT2D eigenvalue weighted by molar-refractivity contribution is -0.692. The van der Waals surface area contributed by atoms with Gasteiger partial charge in [-0.1, -0.05) is 115 Å². The Kier molecular flexibility index (Phi) is 28.3. The fourth-order valence-corrected chi connectivity index (χ4v) is 5.07. The van der Waals surface area contributed by atoms with Crippen LogP contribution in [0.1, 0.15) is 122 Å². The summed E-state index contributed by atoms with van der Waals surface area (Å²) in [6, 6.07) is 0. The first-order valence-electron chi connectivity index (χ1n) is 15.8. The maximum Gasteiger partial charge on any atom is 0.508 e. The van der Waals surface area contributed by atoms with Crippen LogP contribution in [-0.4, -0.2) is 51.2 Å². The van der Waals surface area contributed by atoms with Crippen LogP contribution >= 0.6 is 11.3 Å². The van der Waals surface area contributed by atoms with E-state index in [0.29, 0.717) is 19.5 Å². The van der Waals surface area contributed by atoms with E-state index in [1.54, 1.807) is 11.3 Å². The molecule has 1 amide bonds. The van der Waals surface area contributed by atoms with E-state index >= 15 is 0 Å². The van der Waals surface area contributed by atoms with Crippen molar-refractivity contribution in [3.05, 3.63) is 17.1 Å².